The van der Waals surface area contributed by atoms with Crippen LogP contribution in [0.2, 0.25) is 0 Å². The summed E-state index contributed by atoms with van der Waals surface area (Å²) in [5.74, 6) is 1.22. The van der Waals surface area contributed by atoms with Crippen molar-refractivity contribution in [2.75, 3.05) is 44.6 Å². The van der Waals surface area contributed by atoms with Crippen molar-refractivity contribution in [2.45, 2.75) is 19.4 Å². The fraction of sp³-hybridized carbons (Fsp3) is 0.421. The Hall–Kier alpha value is -2.87. The Balaban J connectivity index is 2.09. The van der Waals surface area contributed by atoms with Gasteiger partial charge in [-0.3, -0.25) is 0 Å². The van der Waals surface area contributed by atoms with E-state index >= 15 is 0 Å². The van der Waals surface area contributed by atoms with Crippen LogP contribution in [0.5, 0.6) is 5.75 Å². The Morgan fingerprint density at radius 2 is 2.11 bits per heavy atom. The molecule has 1 aliphatic heterocycles. The molecule has 8 nitrogen and oxygen atoms in total. The topological polar surface area (TPSA) is 99.8 Å². The molecule has 1 saturated heterocycles. The normalized spacial score (nSPS) is 17.3. The molecule has 27 heavy (non-hydrogen) atoms. The average molecular weight is 372 g/mol. The smallest absolute Gasteiger partial charge is 0.337 e. The number of carbonyl (C=O) groups excluding carboxylic acids is 1. The lowest BCUT2D eigenvalue weighted by atomic mass is 10.0. The number of benzene rings is 1. The maximum atomic E-state index is 12.0. The van der Waals surface area contributed by atoms with Gasteiger partial charge >= 0.3 is 5.97 Å². The molecular formula is C19H24N4O4. The number of hydrogen-bond donors (Lipinski definition) is 1. The molecule has 2 N–H and O–H groups in total. The van der Waals surface area contributed by atoms with Gasteiger partial charge in [-0.1, -0.05) is 0 Å². The first kappa shape index (κ1) is 18.9. The Morgan fingerprint density at radius 1 is 1.30 bits per heavy atom. The summed E-state index contributed by atoms with van der Waals surface area (Å²) in [6.45, 7) is 3.69. The summed E-state index contributed by atoms with van der Waals surface area (Å²) in [7, 11) is 2.96. The molecule has 0 aliphatic carbocycles. The van der Waals surface area contributed by atoms with E-state index < -0.39 is 5.97 Å². The fourth-order valence-corrected chi connectivity index (χ4v) is 3.27. The highest BCUT2D eigenvalue weighted by atomic mass is 16.5. The van der Waals surface area contributed by atoms with Gasteiger partial charge in [0.1, 0.15) is 11.6 Å². The third-order valence-electron chi connectivity index (χ3n) is 4.50. The molecule has 1 atom stereocenters. The minimum absolute atomic E-state index is 0.194. The Bertz CT molecular complexity index is 807. The highest BCUT2D eigenvalue weighted by molar-refractivity contribution is 5.89. The van der Waals surface area contributed by atoms with Crippen molar-refractivity contribution in [3.8, 4) is 5.75 Å². The van der Waals surface area contributed by atoms with Crippen LogP contribution in [0.3, 0.4) is 0 Å². The maximum Gasteiger partial charge on any atom is 0.337 e. The van der Waals surface area contributed by atoms with E-state index in [0.29, 0.717) is 24.5 Å². The highest BCUT2D eigenvalue weighted by Gasteiger charge is 2.28. The van der Waals surface area contributed by atoms with Crippen molar-refractivity contribution >= 4 is 17.7 Å². The monoisotopic (exact) mass is 372 g/mol. The van der Waals surface area contributed by atoms with Crippen molar-refractivity contribution < 1.29 is 19.0 Å². The first-order valence-electron chi connectivity index (χ1n) is 8.75. The zero-order chi connectivity index (χ0) is 19.4. The van der Waals surface area contributed by atoms with Gasteiger partial charge in [-0.05, 0) is 31.5 Å². The first-order valence-corrected chi connectivity index (χ1v) is 8.75. The number of aryl methyl sites for hydroxylation is 1. The van der Waals surface area contributed by atoms with Gasteiger partial charge in [0.25, 0.3) is 0 Å². The molecule has 2 aromatic rings. The zero-order valence-corrected chi connectivity index (χ0v) is 15.8. The predicted molar refractivity (Wildman–Crippen MR) is 101 cm³/mol. The van der Waals surface area contributed by atoms with E-state index in [1.807, 2.05) is 13.0 Å². The largest absolute Gasteiger partial charge is 0.496 e. The third kappa shape index (κ3) is 4.11. The second kappa shape index (κ2) is 8.22. The number of carbonyl (C=O) groups is 1. The molecule has 1 aromatic carbocycles. The van der Waals surface area contributed by atoms with Crippen LogP contribution in [0.25, 0.3) is 0 Å². The van der Waals surface area contributed by atoms with Crippen molar-refractivity contribution in [3.63, 3.8) is 0 Å². The van der Waals surface area contributed by atoms with Crippen LogP contribution in [0.15, 0.2) is 24.3 Å². The lowest BCUT2D eigenvalue weighted by Crippen LogP contribution is -2.32. The number of nitrogens with two attached hydrogens (primary N) is 1. The Kier molecular flexibility index (Phi) is 5.75. The number of nitrogen functional groups attached to an aromatic ring is 1. The molecule has 2 heterocycles. The molecule has 0 radical (unpaired) electrons. The third-order valence-corrected chi connectivity index (χ3v) is 4.50. The van der Waals surface area contributed by atoms with Crippen LogP contribution < -0.4 is 15.4 Å². The summed E-state index contributed by atoms with van der Waals surface area (Å²) < 4.78 is 16.2. The number of methoxy groups -OCH3 is 2. The maximum absolute atomic E-state index is 12.0. The van der Waals surface area contributed by atoms with E-state index in [-0.39, 0.29) is 12.0 Å². The molecule has 1 aromatic heterocycles. The van der Waals surface area contributed by atoms with Crippen molar-refractivity contribution in [2.24, 2.45) is 0 Å². The number of rotatable bonds is 4. The van der Waals surface area contributed by atoms with E-state index in [1.54, 1.807) is 25.3 Å². The first-order chi connectivity index (χ1) is 13.0. The quantitative estimate of drug-likeness (QED) is 0.815. The number of ether oxygens (including phenoxy) is 3. The zero-order valence-electron chi connectivity index (χ0n) is 15.8. The summed E-state index contributed by atoms with van der Waals surface area (Å²) in [6.07, 6.45) is 0.846. The van der Waals surface area contributed by atoms with Crippen LogP contribution in [-0.2, 0) is 9.47 Å². The van der Waals surface area contributed by atoms with Crippen LogP contribution >= 0.6 is 0 Å². The van der Waals surface area contributed by atoms with E-state index in [1.165, 1.54) is 7.11 Å². The number of anilines is 2. The summed E-state index contributed by atoms with van der Waals surface area (Å²) in [5.41, 5.74) is 7.94. The summed E-state index contributed by atoms with van der Waals surface area (Å²) in [4.78, 5) is 22.7. The molecule has 3 rings (SSSR count). The summed E-state index contributed by atoms with van der Waals surface area (Å²) >= 11 is 0. The molecule has 1 fully saturated rings. The van der Waals surface area contributed by atoms with E-state index in [4.69, 9.17) is 19.9 Å². The molecular weight excluding hydrogens is 348 g/mol. The SMILES string of the molecule is COC(=O)c1ccc(OC)c([C@@H]2COCCCN2c2cc(C)nc(N)n2)c1. The summed E-state index contributed by atoms with van der Waals surface area (Å²) in [6, 6.07) is 6.94. The second-order valence-corrected chi connectivity index (χ2v) is 6.31. The van der Waals surface area contributed by atoms with E-state index in [0.717, 1.165) is 30.0 Å². The molecule has 0 unspecified atom stereocenters. The van der Waals surface area contributed by atoms with Gasteiger partial charge in [-0.2, -0.15) is 4.98 Å². The molecule has 0 amide bonds. The highest BCUT2D eigenvalue weighted by Crippen LogP contribution is 2.35. The molecule has 144 valence electrons. The number of esters is 1. The van der Waals surface area contributed by atoms with Crippen LogP contribution in [0.4, 0.5) is 11.8 Å². The number of hydrogen-bond acceptors (Lipinski definition) is 8. The van der Waals surface area contributed by atoms with Crippen molar-refractivity contribution in [1.29, 1.82) is 0 Å². The molecule has 1 aliphatic rings. The predicted octanol–water partition coefficient (Wildman–Crippen LogP) is 2.13. The van der Waals surface area contributed by atoms with Crippen molar-refractivity contribution in [3.05, 3.63) is 41.1 Å². The molecule has 0 bridgehead atoms. The van der Waals surface area contributed by atoms with Crippen LogP contribution in [-0.4, -0.2) is 49.9 Å². The fourth-order valence-electron chi connectivity index (χ4n) is 3.27. The van der Waals surface area contributed by atoms with Gasteiger partial charge in [0, 0.05) is 30.5 Å². The van der Waals surface area contributed by atoms with E-state index in [2.05, 4.69) is 14.9 Å². The second-order valence-electron chi connectivity index (χ2n) is 6.31. The molecule has 0 spiro atoms. The van der Waals surface area contributed by atoms with Gasteiger partial charge in [-0.25, -0.2) is 9.78 Å². The van der Waals surface area contributed by atoms with Gasteiger partial charge < -0.3 is 24.8 Å². The van der Waals surface area contributed by atoms with Crippen molar-refractivity contribution in [1.82, 2.24) is 9.97 Å². The van der Waals surface area contributed by atoms with E-state index in [9.17, 15) is 4.79 Å². The van der Waals surface area contributed by atoms with Crippen LogP contribution in [0, 0.1) is 6.92 Å². The summed E-state index contributed by atoms with van der Waals surface area (Å²) in [5, 5.41) is 0. The van der Waals surface area contributed by atoms with Gasteiger partial charge in [0.2, 0.25) is 5.95 Å². The average Bonchev–Trinajstić information content (AvgIpc) is 2.92. The van der Waals surface area contributed by atoms with Gasteiger partial charge in [0.15, 0.2) is 0 Å². The number of nitrogens with zero attached hydrogens (tertiary/aromatic N) is 3. The Labute approximate surface area is 158 Å². The minimum atomic E-state index is -0.401. The lowest BCUT2D eigenvalue weighted by Gasteiger charge is -2.32. The van der Waals surface area contributed by atoms with Gasteiger partial charge in [-0.15, -0.1) is 0 Å². The number of aromatic nitrogens is 2. The van der Waals surface area contributed by atoms with Gasteiger partial charge in [0.05, 0.1) is 32.4 Å². The molecule has 0 saturated carbocycles. The van der Waals surface area contributed by atoms with Crippen LogP contribution in [0.1, 0.15) is 34.1 Å². The molecule has 8 heteroatoms. The standard InChI is InChI=1S/C19H24N4O4/c1-12-9-17(22-19(20)21-12)23-7-4-8-27-11-15(23)14-10-13(18(24)26-3)5-6-16(14)25-2/h5-6,9-10,15H,4,7-8,11H2,1-3H3,(H2,20,21,22)/t15-/m0/s1. The lowest BCUT2D eigenvalue weighted by molar-refractivity contribution is 0.0600. The minimum Gasteiger partial charge on any atom is -0.496 e. The Morgan fingerprint density at radius 3 is 2.81 bits per heavy atom.